The second-order valence-corrected chi connectivity index (χ2v) is 7.00. The molecule has 6 heteroatoms. The molecule has 24 heavy (non-hydrogen) atoms. The molecular weight excluding hydrogens is 306 g/mol. The number of furan rings is 1. The maximum absolute atomic E-state index is 6.42. The summed E-state index contributed by atoms with van der Waals surface area (Å²) in [6, 6.07) is 9.88. The van der Waals surface area contributed by atoms with Crippen molar-refractivity contribution in [2.24, 2.45) is 0 Å². The monoisotopic (exact) mass is 327 g/mol. The number of nitrogens with one attached hydrogen (secondary N) is 1. The van der Waals surface area contributed by atoms with Gasteiger partial charge in [0.2, 0.25) is 5.79 Å². The van der Waals surface area contributed by atoms with Crippen LogP contribution in [-0.4, -0.2) is 26.9 Å². The molecule has 1 saturated heterocycles. The topological polar surface area (TPSA) is 73.2 Å². The first-order valence-corrected chi connectivity index (χ1v) is 8.17. The van der Waals surface area contributed by atoms with Crippen molar-refractivity contribution in [1.82, 2.24) is 15.2 Å². The number of H-pyrrole nitrogens is 1. The van der Waals surface area contributed by atoms with E-state index < -0.39 is 5.79 Å². The van der Waals surface area contributed by atoms with Crippen LogP contribution in [-0.2, 0) is 21.7 Å². The summed E-state index contributed by atoms with van der Waals surface area (Å²) in [6.07, 6.45) is 2.73. The third kappa shape index (κ3) is 2.72. The molecule has 0 saturated carbocycles. The van der Waals surface area contributed by atoms with Gasteiger partial charge in [-0.15, -0.1) is 0 Å². The Hall–Kier alpha value is -2.18. The number of hydrogen-bond donors (Lipinski definition) is 1. The first-order valence-electron chi connectivity index (χ1n) is 8.17. The van der Waals surface area contributed by atoms with Gasteiger partial charge in [0, 0.05) is 11.8 Å². The molecular formula is C18H21N3O3. The van der Waals surface area contributed by atoms with E-state index in [0.717, 1.165) is 17.4 Å². The molecule has 1 aliphatic rings. The number of para-hydroxylation sites is 1. The van der Waals surface area contributed by atoms with Gasteiger partial charge < -0.3 is 13.9 Å². The zero-order chi connectivity index (χ0) is 16.8. The maximum Gasteiger partial charge on any atom is 0.236 e. The number of hydrogen-bond acceptors (Lipinski definition) is 5. The highest BCUT2D eigenvalue weighted by Crippen LogP contribution is 2.44. The predicted molar refractivity (Wildman–Crippen MR) is 88.3 cm³/mol. The molecule has 126 valence electrons. The molecule has 0 unspecified atom stereocenters. The molecule has 0 amide bonds. The van der Waals surface area contributed by atoms with E-state index in [1.165, 1.54) is 6.33 Å². The van der Waals surface area contributed by atoms with Gasteiger partial charge >= 0.3 is 0 Å². The van der Waals surface area contributed by atoms with Gasteiger partial charge in [-0.3, -0.25) is 5.10 Å². The van der Waals surface area contributed by atoms with Gasteiger partial charge in [-0.25, -0.2) is 4.98 Å². The highest BCUT2D eigenvalue weighted by molar-refractivity contribution is 5.77. The summed E-state index contributed by atoms with van der Waals surface area (Å²) in [6.45, 7) is 6.20. The fourth-order valence-corrected chi connectivity index (χ4v) is 3.55. The van der Waals surface area contributed by atoms with Gasteiger partial charge in [-0.05, 0) is 32.9 Å². The van der Waals surface area contributed by atoms with Crippen LogP contribution < -0.4 is 0 Å². The molecule has 1 aliphatic heterocycles. The van der Waals surface area contributed by atoms with Crippen molar-refractivity contribution in [2.45, 2.75) is 51.1 Å². The normalized spacial score (nSPS) is 26.7. The lowest BCUT2D eigenvalue weighted by molar-refractivity contribution is -0.355. The van der Waals surface area contributed by atoms with Gasteiger partial charge in [-0.2, -0.15) is 5.10 Å². The third-order valence-electron chi connectivity index (χ3n) is 4.28. The zero-order valence-corrected chi connectivity index (χ0v) is 14.1. The molecule has 1 N–H and O–H groups in total. The van der Waals surface area contributed by atoms with E-state index in [1.54, 1.807) is 0 Å². The molecule has 0 aliphatic carbocycles. The predicted octanol–water partition coefficient (Wildman–Crippen LogP) is 3.55. The molecule has 4 rings (SSSR count). The first-order chi connectivity index (χ1) is 11.5. The second-order valence-electron chi connectivity index (χ2n) is 7.00. The lowest BCUT2D eigenvalue weighted by atomic mass is 9.96. The van der Waals surface area contributed by atoms with E-state index >= 15 is 0 Å². The zero-order valence-electron chi connectivity index (χ0n) is 14.1. The van der Waals surface area contributed by atoms with E-state index in [9.17, 15) is 0 Å². The van der Waals surface area contributed by atoms with Crippen LogP contribution in [0.15, 0.2) is 41.1 Å². The van der Waals surface area contributed by atoms with Crippen LogP contribution in [0, 0.1) is 0 Å². The van der Waals surface area contributed by atoms with Crippen LogP contribution in [0.25, 0.3) is 11.0 Å². The van der Waals surface area contributed by atoms with Crippen LogP contribution in [0.4, 0.5) is 0 Å². The van der Waals surface area contributed by atoms with Crippen molar-refractivity contribution in [1.29, 1.82) is 0 Å². The first kappa shape index (κ1) is 15.4. The Balaban J connectivity index is 1.83. The summed E-state index contributed by atoms with van der Waals surface area (Å²) >= 11 is 0. The number of aromatic nitrogens is 3. The Kier molecular flexibility index (Phi) is 3.47. The number of rotatable bonds is 3. The van der Waals surface area contributed by atoms with Crippen LogP contribution >= 0.6 is 0 Å². The van der Waals surface area contributed by atoms with E-state index in [-0.39, 0.29) is 11.7 Å². The standard InChI is InChI=1S/C18H21N3O3/c1-12-9-17(2,3)24-18(23-12,10-16-19-11-20-21-16)15-8-13-6-4-5-7-14(13)22-15/h4-8,11-12H,9-10H2,1-3H3,(H,19,20,21)/t12-,18+/m1/s1. The van der Waals surface area contributed by atoms with Crippen molar-refractivity contribution < 1.29 is 13.9 Å². The maximum atomic E-state index is 6.42. The van der Waals surface area contributed by atoms with Crippen LogP contribution in [0.1, 0.15) is 38.8 Å². The Morgan fingerprint density at radius 1 is 1.29 bits per heavy atom. The number of ether oxygens (including phenoxy) is 2. The molecule has 0 spiro atoms. The molecule has 1 fully saturated rings. The summed E-state index contributed by atoms with van der Waals surface area (Å²) in [5.41, 5.74) is 0.476. The Morgan fingerprint density at radius 2 is 2.12 bits per heavy atom. The van der Waals surface area contributed by atoms with Crippen molar-refractivity contribution in [3.8, 4) is 0 Å². The van der Waals surface area contributed by atoms with Crippen LogP contribution in [0.2, 0.25) is 0 Å². The number of nitrogens with zero attached hydrogens (tertiary/aromatic N) is 2. The largest absolute Gasteiger partial charge is 0.455 e. The van der Waals surface area contributed by atoms with Crippen molar-refractivity contribution >= 4 is 11.0 Å². The molecule has 6 nitrogen and oxygen atoms in total. The smallest absolute Gasteiger partial charge is 0.236 e. The molecule has 2 aromatic heterocycles. The minimum Gasteiger partial charge on any atom is -0.455 e. The van der Waals surface area contributed by atoms with Crippen molar-refractivity contribution in [2.75, 3.05) is 0 Å². The number of aromatic amines is 1. The van der Waals surface area contributed by atoms with Gasteiger partial charge in [0.25, 0.3) is 0 Å². The summed E-state index contributed by atoms with van der Waals surface area (Å²) in [5, 5.41) is 7.85. The van der Waals surface area contributed by atoms with Crippen LogP contribution in [0.5, 0.6) is 0 Å². The number of fused-ring (bicyclic) bond motifs is 1. The van der Waals surface area contributed by atoms with Crippen molar-refractivity contribution in [3.63, 3.8) is 0 Å². The average molecular weight is 327 g/mol. The quantitative estimate of drug-likeness (QED) is 0.796. The van der Waals surface area contributed by atoms with Gasteiger partial charge in [-0.1, -0.05) is 18.2 Å². The lowest BCUT2D eigenvalue weighted by Crippen LogP contribution is -2.51. The minimum atomic E-state index is -1.03. The van der Waals surface area contributed by atoms with Gasteiger partial charge in [0.05, 0.1) is 18.1 Å². The Labute approximate surface area is 140 Å². The Bertz CT molecular complexity index is 807. The van der Waals surface area contributed by atoms with E-state index in [1.807, 2.05) is 30.3 Å². The molecule has 2 atom stereocenters. The summed E-state index contributed by atoms with van der Waals surface area (Å²) < 4.78 is 18.8. The molecule has 0 bridgehead atoms. The van der Waals surface area contributed by atoms with Gasteiger partial charge in [0.15, 0.2) is 5.76 Å². The highest BCUT2D eigenvalue weighted by Gasteiger charge is 2.49. The van der Waals surface area contributed by atoms with E-state index in [0.29, 0.717) is 18.0 Å². The fourth-order valence-electron chi connectivity index (χ4n) is 3.55. The number of benzene rings is 1. The molecule has 3 heterocycles. The molecule has 3 aromatic rings. The lowest BCUT2D eigenvalue weighted by Gasteiger charge is -2.46. The van der Waals surface area contributed by atoms with Crippen molar-refractivity contribution in [3.05, 3.63) is 48.2 Å². The van der Waals surface area contributed by atoms with Crippen LogP contribution in [0.3, 0.4) is 0 Å². The summed E-state index contributed by atoms with van der Waals surface area (Å²) in [5.74, 6) is 0.319. The van der Waals surface area contributed by atoms with E-state index in [4.69, 9.17) is 13.9 Å². The fraction of sp³-hybridized carbons (Fsp3) is 0.444. The molecule has 0 radical (unpaired) electrons. The van der Waals surface area contributed by atoms with Gasteiger partial charge in [0.1, 0.15) is 17.7 Å². The second kappa shape index (κ2) is 5.43. The minimum absolute atomic E-state index is 0.0323. The SMILES string of the molecule is C[C@@H]1CC(C)(C)O[C@@](Cc2ncn[nH]2)(c2cc3ccccc3o2)O1. The molecule has 1 aromatic carbocycles. The average Bonchev–Trinajstić information content (AvgIpc) is 3.13. The van der Waals surface area contributed by atoms with E-state index in [2.05, 4.69) is 36.0 Å². The summed E-state index contributed by atoms with van der Waals surface area (Å²) in [4.78, 5) is 4.24. The summed E-state index contributed by atoms with van der Waals surface area (Å²) in [7, 11) is 0. The highest BCUT2D eigenvalue weighted by atomic mass is 16.7. The Morgan fingerprint density at radius 3 is 2.83 bits per heavy atom. The third-order valence-corrected chi connectivity index (χ3v) is 4.28.